The lowest BCUT2D eigenvalue weighted by Crippen LogP contribution is -2.40. The highest BCUT2D eigenvalue weighted by Gasteiger charge is 2.26. The van der Waals surface area contributed by atoms with E-state index in [2.05, 4.69) is 20.4 Å². The summed E-state index contributed by atoms with van der Waals surface area (Å²) in [6.07, 6.45) is 1.82. The van der Waals surface area contributed by atoms with Gasteiger partial charge in [0, 0.05) is 24.2 Å². The Bertz CT molecular complexity index is 816. The van der Waals surface area contributed by atoms with Gasteiger partial charge in [-0.25, -0.2) is 0 Å². The van der Waals surface area contributed by atoms with Crippen molar-refractivity contribution in [2.24, 2.45) is 0 Å². The Morgan fingerprint density at radius 1 is 1.42 bits per heavy atom. The van der Waals surface area contributed by atoms with Gasteiger partial charge in [0.15, 0.2) is 0 Å². The molecule has 1 aliphatic rings. The minimum atomic E-state index is -3.00. The lowest BCUT2D eigenvalue weighted by Gasteiger charge is -2.11. The average Bonchev–Trinajstić information content (AvgIpc) is 2.92. The summed E-state index contributed by atoms with van der Waals surface area (Å²) in [5.41, 5.74) is 0.589. The fraction of sp³-hybridized carbons (Fsp3) is 0.267. The maximum Gasteiger partial charge on any atom is 0.387 e. The fourth-order valence-electron chi connectivity index (χ4n) is 2.41. The van der Waals surface area contributed by atoms with E-state index in [1.165, 1.54) is 24.4 Å². The molecule has 1 aliphatic heterocycles. The smallest absolute Gasteiger partial charge is 0.387 e. The summed E-state index contributed by atoms with van der Waals surface area (Å²) in [5.74, 6) is -0.865. The van der Waals surface area contributed by atoms with E-state index in [1.807, 2.05) is 0 Å². The number of ether oxygens (including phenoxy) is 1. The summed E-state index contributed by atoms with van der Waals surface area (Å²) in [6, 6.07) is 3.61. The zero-order chi connectivity index (χ0) is 17.3. The van der Waals surface area contributed by atoms with E-state index >= 15 is 0 Å². The number of aromatic nitrogens is 1. The third kappa shape index (κ3) is 3.38. The summed E-state index contributed by atoms with van der Waals surface area (Å²) in [6.45, 7) is -2.48. The molecule has 9 heteroatoms. The molecule has 0 aliphatic carbocycles. The second-order valence-corrected chi connectivity index (χ2v) is 5.59. The lowest BCUT2D eigenvalue weighted by molar-refractivity contribution is -0.120. The van der Waals surface area contributed by atoms with Crippen LogP contribution in [-0.2, 0) is 4.79 Å². The second kappa shape index (κ2) is 6.56. The van der Waals surface area contributed by atoms with Crippen molar-refractivity contribution in [2.75, 3.05) is 6.54 Å². The van der Waals surface area contributed by atoms with Gasteiger partial charge in [-0.05, 0) is 18.6 Å². The molecule has 2 N–H and O–H groups in total. The molecule has 0 bridgehead atoms. The van der Waals surface area contributed by atoms with Crippen molar-refractivity contribution in [3.63, 3.8) is 0 Å². The standard InChI is InChI=1S/C15H12ClF2N3O3/c16-9-4-7-3-8(13(22)21-10-1-2-19-14(10)23)6-20-11(7)5-12(9)24-15(17)18/h3-6,10,15H,1-2H2,(H,19,23)(H,21,22). The van der Waals surface area contributed by atoms with Gasteiger partial charge in [-0.3, -0.25) is 14.6 Å². The van der Waals surface area contributed by atoms with Crippen molar-refractivity contribution in [1.82, 2.24) is 15.6 Å². The number of alkyl halides is 2. The number of fused-ring (bicyclic) bond motifs is 1. The summed E-state index contributed by atoms with van der Waals surface area (Å²) < 4.78 is 28.9. The first kappa shape index (κ1) is 16.4. The first-order valence-electron chi connectivity index (χ1n) is 7.07. The van der Waals surface area contributed by atoms with Crippen molar-refractivity contribution in [2.45, 2.75) is 19.1 Å². The minimum absolute atomic E-state index is 0.0164. The van der Waals surface area contributed by atoms with Gasteiger partial charge in [0.25, 0.3) is 5.91 Å². The van der Waals surface area contributed by atoms with Crippen LogP contribution in [0.4, 0.5) is 8.78 Å². The summed E-state index contributed by atoms with van der Waals surface area (Å²) >= 11 is 5.90. The normalized spacial score (nSPS) is 17.2. The molecular weight excluding hydrogens is 344 g/mol. The molecule has 2 amide bonds. The quantitative estimate of drug-likeness (QED) is 0.880. The predicted octanol–water partition coefficient (Wildman–Crippen LogP) is 2.11. The molecule has 3 rings (SSSR count). The van der Waals surface area contributed by atoms with Crippen molar-refractivity contribution in [1.29, 1.82) is 0 Å². The maximum atomic E-state index is 12.3. The lowest BCUT2D eigenvalue weighted by atomic mass is 10.1. The van der Waals surface area contributed by atoms with Crippen LogP contribution in [0.25, 0.3) is 10.9 Å². The molecule has 24 heavy (non-hydrogen) atoms. The molecule has 0 radical (unpaired) electrons. The minimum Gasteiger partial charge on any atom is -0.433 e. The van der Waals surface area contributed by atoms with Crippen LogP contribution in [0.3, 0.4) is 0 Å². The topological polar surface area (TPSA) is 80.3 Å². The molecule has 6 nitrogen and oxygen atoms in total. The number of amides is 2. The fourth-order valence-corrected chi connectivity index (χ4v) is 2.63. The molecule has 1 aromatic carbocycles. The Labute approximate surface area is 140 Å². The zero-order valence-corrected chi connectivity index (χ0v) is 12.9. The van der Waals surface area contributed by atoms with Gasteiger partial charge in [0.1, 0.15) is 11.8 Å². The molecule has 2 aromatic rings. The van der Waals surface area contributed by atoms with E-state index in [-0.39, 0.29) is 22.2 Å². The van der Waals surface area contributed by atoms with E-state index < -0.39 is 18.6 Å². The largest absolute Gasteiger partial charge is 0.433 e. The van der Waals surface area contributed by atoms with Crippen molar-refractivity contribution >= 4 is 34.3 Å². The predicted molar refractivity (Wildman–Crippen MR) is 82.3 cm³/mol. The van der Waals surface area contributed by atoms with Gasteiger partial charge in [0.2, 0.25) is 5.91 Å². The number of halogens is 3. The van der Waals surface area contributed by atoms with Crippen molar-refractivity contribution < 1.29 is 23.1 Å². The molecule has 0 spiro atoms. The number of carbonyl (C=O) groups excluding carboxylic acids is 2. The Hall–Kier alpha value is -2.48. The third-order valence-electron chi connectivity index (χ3n) is 3.57. The monoisotopic (exact) mass is 355 g/mol. The van der Waals surface area contributed by atoms with E-state index in [9.17, 15) is 18.4 Å². The number of rotatable bonds is 4. The number of carbonyl (C=O) groups is 2. The van der Waals surface area contributed by atoms with Crippen LogP contribution in [0, 0.1) is 0 Å². The van der Waals surface area contributed by atoms with E-state index in [1.54, 1.807) is 0 Å². The molecule has 1 atom stereocenters. The first-order chi connectivity index (χ1) is 11.4. The number of hydrogen-bond donors (Lipinski definition) is 2. The Morgan fingerprint density at radius 3 is 2.88 bits per heavy atom. The number of pyridine rings is 1. The Morgan fingerprint density at radius 2 is 2.21 bits per heavy atom. The van der Waals surface area contributed by atoms with Crippen LogP contribution in [0.5, 0.6) is 5.75 Å². The molecule has 1 fully saturated rings. The van der Waals surface area contributed by atoms with Gasteiger partial charge in [-0.15, -0.1) is 0 Å². The van der Waals surface area contributed by atoms with Crippen LogP contribution < -0.4 is 15.4 Å². The summed E-state index contributed by atoms with van der Waals surface area (Å²) in [5, 5.41) is 5.71. The number of nitrogens with one attached hydrogen (secondary N) is 2. The van der Waals surface area contributed by atoms with Gasteiger partial charge in [-0.2, -0.15) is 8.78 Å². The van der Waals surface area contributed by atoms with E-state index in [0.717, 1.165) is 0 Å². The van der Waals surface area contributed by atoms with Crippen LogP contribution >= 0.6 is 11.6 Å². The van der Waals surface area contributed by atoms with Gasteiger partial charge in [0.05, 0.1) is 16.1 Å². The highest BCUT2D eigenvalue weighted by Crippen LogP contribution is 2.30. The van der Waals surface area contributed by atoms with Gasteiger partial charge < -0.3 is 15.4 Å². The molecule has 1 saturated heterocycles. The molecule has 1 unspecified atom stereocenters. The molecular formula is C15H12ClF2N3O3. The molecule has 0 saturated carbocycles. The Kier molecular flexibility index (Phi) is 4.48. The van der Waals surface area contributed by atoms with Crippen molar-refractivity contribution in [3.8, 4) is 5.75 Å². The molecule has 2 heterocycles. The van der Waals surface area contributed by atoms with Crippen LogP contribution in [0.15, 0.2) is 24.4 Å². The van der Waals surface area contributed by atoms with Crippen LogP contribution in [0.2, 0.25) is 5.02 Å². The zero-order valence-electron chi connectivity index (χ0n) is 12.2. The number of hydrogen-bond acceptors (Lipinski definition) is 4. The highest BCUT2D eigenvalue weighted by atomic mass is 35.5. The Balaban J connectivity index is 1.85. The van der Waals surface area contributed by atoms with Crippen molar-refractivity contribution in [3.05, 3.63) is 35.0 Å². The summed E-state index contributed by atoms with van der Waals surface area (Å²) in [4.78, 5) is 27.7. The van der Waals surface area contributed by atoms with Gasteiger partial charge >= 0.3 is 6.61 Å². The van der Waals surface area contributed by atoms with E-state index in [4.69, 9.17) is 11.6 Å². The van der Waals surface area contributed by atoms with E-state index in [0.29, 0.717) is 23.9 Å². The van der Waals surface area contributed by atoms with Gasteiger partial charge in [-0.1, -0.05) is 11.6 Å². The number of nitrogens with zero attached hydrogens (tertiary/aromatic N) is 1. The summed E-state index contributed by atoms with van der Waals surface area (Å²) in [7, 11) is 0. The second-order valence-electron chi connectivity index (χ2n) is 5.18. The molecule has 1 aromatic heterocycles. The average molecular weight is 356 g/mol. The maximum absolute atomic E-state index is 12.3. The molecule has 126 valence electrons. The SMILES string of the molecule is O=C(NC1CCNC1=O)c1cnc2cc(OC(F)F)c(Cl)cc2c1. The third-order valence-corrected chi connectivity index (χ3v) is 3.86. The van der Waals surface area contributed by atoms with Crippen LogP contribution in [0.1, 0.15) is 16.8 Å². The first-order valence-corrected chi connectivity index (χ1v) is 7.44. The van der Waals surface area contributed by atoms with Crippen LogP contribution in [-0.4, -0.2) is 36.0 Å². The highest BCUT2D eigenvalue weighted by molar-refractivity contribution is 6.32. The number of benzene rings is 1.